The van der Waals surface area contributed by atoms with E-state index in [-0.39, 0.29) is 11.1 Å². The molecule has 0 spiro atoms. The van der Waals surface area contributed by atoms with E-state index in [4.69, 9.17) is 0 Å². The molecule has 0 aliphatic carbocycles. The monoisotopic (exact) mass is 302 g/mol. The van der Waals surface area contributed by atoms with Crippen molar-refractivity contribution >= 4 is 10.0 Å². The minimum absolute atomic E-state index is 0.0477. The average Bonchev–Trinajstić information content (AvgIpc) is 2.79. The van der Waals surface area contributed by atoms with Gasteiger partial charge in [0.15, 0.2) is 5.03 Å². The fraction of sp³-hybridized carbons (Fsp3) is 0.769. The number of aromatic amines is 1. The van der Waals surface area contributed by atoms with Crippen molar-refractivity contribution < 1.29 is 8.42 Å². The molecule has 1 aromatic heterocycles. The number of hydrogen-bond donors (Lipinski definition) is 2. The van der Waals surface area contributed by atoms with Crippen molar-refractivity contribution in [1.29, 1.82) is 0 Å². The molecule has 1 heterocycles. The molecule has 1 aromatic rings. The van der Waals surface area contributed by atoms with Crippen molar-refractivity contribution in [1.82, 2.24) is 19.8 Å². The summed E-state index contributed by atoms with van der Waals surface area (Å²) in [5, 5.41) is 10.2. The van der Waals surface area contributed by atoms with E-state index in [2.05, 4.69) is 22.4 Å². The topological polar surface area (TPSA) is 78.1 Å². The first-order valence-electron chi connectivity index (χ1n) is 7.08. The Bertz CT molecular complexity index is 524. The second-order valence-electron chi connectivity index (χ2n) is 5.09. The highest BCUT2D eigenvalue weighted by molar-refractivity contribution is 7.89. The summed E-state index contributed by atoms with van der Waals surface area (Å²) >= 11 is 0. The molecule has 1 atom stereocenters. The maximum Gasteiger partial charge on any atom is 0.262 e. The molecule has 0 aliphatic rings. The van der Waals surface area contributed by atoms with Crippen molar-refractivity contribution in [3.8, 4) is 0 Å². The third-order valence-corrected chi connectivity index (χ3v) is 5.54. The number of rotatable bonds is 8. The van der Waals surface area contributed by atoms with Crippen LogP contribution >= 0.6 is 0 Å². The Labute approximate surface area is 122 Å². The predicted octanol–water partition coefficient (Wildman–Crippen LogP) is 1.64. The summed E-state index contributed by atoms with van der Waals surface area (Å²) in [5.41, 5.74) is 1.53. The lowest BCUT2D eigenvalue weighted by atomic mass is 10.2. The second kappa shape index (κ2) is 7.19. The van der Waals surface area contributed by atoms with Gasteiger partial charge in [-0.1, -0.05) is 13.8 Å². The van der Waals surface area contributed by atoms with Gasteiger partial charge in [0.05, 0.1) is 0 Å². The first-order valence-corrected chi connectivity index (χ1v) is 8.52. The van der Waals surface area contributed by atoms with Crippen LogP contribution in [0.25, 0.3) is 0 Å². The summed E-state index contributed by atoms with van der Waals surface area (Å²) < 4.78 is 26.6. The summed E-state index contributed by atoms with van der Waals surface area (Å²) in [6.07, 6.45) is 1.77. The largest absolute Gasteiger partial charge is 0.313 e. The fourth-order valence-electron chi connectivity index (χ4n) is 1.87. The van der Waals surface area contributed by atoms with Crippen LogP contribution in [0.1, 0.15) is 44.9 Å². The highest BCUT2D eigenvalue weighted by Crippen LogP contribution is 2.21. The third-order valence-electron chi connectivity index (χ3n) is 3.60. The average molecular weight is 302 g/mol. The van der Waals surface area contributed by atoms with E-state index in [0.29, 0.717) is 6.54 Å². The molecule has 2 N–H and O–H groups in total. The molecule has 116 valence electrons. The summed E-state index contributed by atoms with van der Waals surface area (Å²) in [6.45, 7) is 9.15. The number of H-pyrrole nitrogens is 1. The molecule has 0 saturated heterocycles. The fourth-order valence-corrected chi connectivity index (χ4v) is 3.47. The van der Waals surface area contributed by atoms with Gasteiger partial charge >= 0.3 is 0 Å². The van der Waals surface area contributed by atoms with E-state index in [1.54, 1.807) is 7.05 Å². The van der Waals surface area contributed by atoms with Gasteiger partial charge in [-0.15, -0.1) is 0 Å². The van der Waals surface area contributed by atoms with Gasteiger partial charge in [-0.05, 0) is 33.2 Å². The smallest absolute Gasteiger partial charge is 0.262 e. The molecule has 0 saturated carbocycles. The zero-order valence-corrected chi connectivity index (χ0v) is 13.8. The Kier molecular flexibility index (Phi) is 6.16. The highest BCUT2D eigenvalue weighted by Gasteiger charge is 2.30. The van der Waals surface area contributed by atoms with Crippen LogP contribution in [0.4, 0.5) is 0 Å². The van der Waals surface area contributed by atoms with Crippen LogP contribution in [0.3, 0.4) is 0 Å². The summed E-state index contributed by atoms with van der Waals surface area (Å²) in [4.78, 5) is 0. The van der Waals surface area contributed by atoms with Crippen molar-refractivity contribution in [3.63, 3.8) is 0 Å². The molecule has 0 bridgehead atoms. The number of sulfonamides is 1. The van der Waals surface area contributed by atoms with Crippen LogP contribution in [0, 0.1) is 6.92 Å². The molecule has 1 unspecified atom stereocenters. The Hall–Kier alpha value is -0.920. The molecule has 0 radical (unpaired) electrons. The predicted molar refractivity (Wildman–Crippen MR) is 80.0 cm³/mol. The van der Waals surface area contributed by atoms with Crippen LogP contribution in [0.15, 0.2) is 5.03 Å². The molecular weight excluding hydrogens is 276 g/mol. The zero-order chi connectivity index (χ0) is 15.3. The lowest BCUT2D eigenvalue weighted by Crippen LogP contribution is -2.35. The van der Waals surface area contributed by atoms with Gasteiger partial charge in [0.1, 0.15) is 0 Å². The quantitative estimate of drug-likeness (QED) is 0.716. The van der Waals surface area contributed by atoms with E-state index in [9.17, 15) is 8.42 Å². The van der Waals surface area contributed by atoms with Crippen molar-refractivity contribution in [2.45, 2.75) is 58.1 Å². The Morgan fingerprint density at radius 3 is 2.60 bits per heavy atom. The lowest BCUT2D eigenvalue weighted by Gasteiger charge is -2.22. The Morgan fingerprint density at radius 1 is 1.40 bits per heavy atom. The highest BCUT2D eigenvalue weighted by atomic mass is 32.2. The molecule has 0 amide bonds. The first kappa shape index (κ1) is 17.1. The van der Waals surface area contributed by atoms with E-state index < -0.39 is 10.0 Å². The van der Waals surface area contributed by atoms with E-state index >= 15 is 0 Å². The van der Waals surface area contributed by atoms with Crippen LogP contribution in [0.2, 0.25) is 0 Å². The first-order chi connectivity index (χ1) is 9.36. The second-order valence-corrected chi connectivity index (χ2v) is 7.00. The molecule has 0 aliphatic heterocycles. The van der Waals surface area contributed by atoms with Gasteiger partial charge in [-0.25, -0.2) is 8.42 Å². The van der Waals surface area contributed by atoms with Gasteiger partial charge in [0.2, 0.25) is 0 Å². The normalized spacial score (nSPS) is 13.9. The summed E-state index contributed by atoms with van der Waals surface area (Å²) in [6, 6.07) is -0.0477. The SMILES string of the molecule is CCCNCc1c(S(=O)(=O)N(C)C(C)CC)n[nH]c1C. The minimum atomic E-state index is -3.55. The van der Waals surface area contributed by atoms with Crippen molar-refractivity contribution in [2.24, 2.45) is 0 Å². The van der Waals surface area contributed by atoms with Gasteiger partial charge in [0, 0.05) is 30.9 Å². The molecule has 20 heavy (non-hydrogen) atoms. The van der Waals surface area contributed by atoms with Gasteiger partial charge in [-0.2, -0.15) is 9.40 Å². The number of hydrogen-bond acceptors (Lipinski definition) is 4. The van der Waals surface area contributed by atoms with Crippen LogP contribution in [0.5, 0.6) is 0 Å². The number of aromatic nitrogens is 2. The summed E-state index contributed by atoms with van der Waals surface area (Å²) in [7, 11) is -1.94. The zero-order valence-electron chi connectivity index (χ0n) is 13.0. The van der Waals surface area contributed by atoms with Gasteiger partial charge in [0.25, 0.3) is 10.0 Å². The molecule has 0 aromatic carbocycles. The Balaban J connectivity index is 3.06. The standard InChI is InChI=1S/C13H26N4O2S/c1-6-8-14-9-12-11(4)15-16-13(12)20(18,19)17(5)10(3)7-2/h10,14H,6-9H2,1-5H3,(H,15,16). The van der Waals surface area contributed by atoms with Crippen LogP contribution in [-0.4, -0.2) is 42.6 Å². The summed E-state index contributed by atoms with van der Waals surface area (Å²) in [5.74, 6) is 0. The number of aryl methyl sites for hydroxylation is 1. The Morgan fingerprint density at radius 2 is 2.05 bits per heavy atom. The number of nitrogens with zero attached hydrogens (tertiary/aromatic N) is 2. The van der Waals surface area contributed by atoms with Crippen LogP contribution in [-0.2, 0) is 16.6 Å². The minimum Gasteiger partial charge on any atom is -0.313 e. The molecule has 1 rings (SSSR count). The van der Waals surface area contributed by atoms with Crippen LogP contribution < -0.4 is 5.32 Å². The van der Waals surface area contributed by atoms with Crippen molar-refractivity contribution in [3.05, 3.63) is 11.3 Å². The third kappa shape index (κ3) is 3.59. The van der Waals surface area contributed by atoms with Gasteiger partial charge in [-0.3, -0.25) is 5.10 Å². The molecule has 7 heteroatoms. The van der Waals surface area contributed by atoms with Crippen molar-refractivity contribution in [2.75, 3.05) is 13.6 Å². The van der Waals surface area contributed by atoms with E-state index in [1.807, 2.05) is 20.8 Å². The van der Waals surface area contributed by atoms with Gasteiger partial charge < -0.3 is 5.32 Å². The lowest BCUT2D eigenvalue weighted by molar-refractivity contribution is 0.378. The molecular formula is C13H26N4O2S. The maximum absolute atomic E-state index is 12.6. The number of nitrogens with one attached hydrogen (secondary N) is 2. The molecule has 6 nitrogen and oxygen atoms in total. The van der Waals surface area contributed by atoms with E-state index in [1.165, 1.54) is 4.31 Å². The molecule has 0 fully saturated rings. The maximum atomic E-state index is 12.6. The van der Waals surface area contributed by atoms with E-state index in [0.717, 1.165) is 30.6 Å².